The molecule has 1 N–H and O–H groups in total. The molecule has 2 rings (SSSR count). The molecular weight excluding hydrogens is 300 g/mol. The van der Waals surface area contributed by atoms with Crippen LogP contribution in [0.5, 0.6) is 5.75 Å². The van der Waals surface area contributed by atoms with Crippen LogP contribution in [0.1, 0.15) is 19.8 Å². The molecule has 0 amide bonds. The molecule has 0 saturated carbocycles. The lowest BCUT2D eigenvalue weighted by Crippen LogP contribution is -2.44. The summed E-state index contributed by atoms with van der Waals surface area (Å²) in [5.41, 5.74) is 0.907. The Morgan fingerprint density at radius 3 is 2.77 bits per heavy atom. The van der Waals surface area contributed by atoms with Crippen molar-refractivity contribution in [2.45, 2.75) is 19.8 Å². The van der Waals surface area contributed by atoms with Gasteiger partial charge in [-0.05, 0) is 56.2 Å². The van der Waals surface area contributed by atoms with Crippen LogP contribution in [-0.4, -0.2) is 42.8 Å². The van der Waals surface area contributed by atoms with Crippen molar-refractivity contribution in [2.24, 2.45) is 5.92 Å². The summed E-state index contributed by atoms with van der Waals surface area (Å²) in [4.78, 5) is 13.9. The maximum Gasteiger partial charge on any atom is 0.310 e. The fourth-order valence-corrected chi connectivity index (χ4v) is 2.77. The standard InChI is InChI=1S/C16H22N2O3S/c1-3-21-15(19)12-5-4-10-18(11-12)16(22)17-13-6-8-14(20-2)9-7-13/h6-9,12H,3-5,10-11H2,1-2H3,(H,17,22)/t12-/m0/s1. The number of ether oxygens (including phenoxy) is 2. The lowest BCUT2D eigenvalue weighted by Gasteiger charge is -2.33. The Balaban J connectivity index is 1.92. The average molecular weight is 322 g/mol. The Bertz CT molecular complexity index is 519. The minimum Gasteiger partial charge on any atom is -0.497 e. The molecular formula is C16H22N2O3S. The second kappa shape index (κ2) is 7.98. The number of carbonyl (C=O) groups is 1. The molecule has 1 aliphatic rings. The van der Waals surface area contributed by atoms with Crippen molar-refractivity contribution < 1.29 is 14.3 Å². The third-order valence-corrected chi connectivity index (χ3v) is 4.03. The van der Waals surface area contributed by atoms with Crippen LogP contribution >= 0.6 is 12.2 Å². The van der Waals surface area contributed by atoms with E-state index in [1.165, 1.54) is 0 Å². The lowest BCUT2D eigenvalue weighted by atomic mass is 9.98. The Morgan fingerprint density at radius 2 is 2.14 bits per heavy atom. The summed E-state index contributed by atoms with van der Waals surface area (Å²) in [6.07, 6.45) is 1.80. The van der Waals surface area contributed by atoms with Crippen molar-refractivity contribution in [3.8, 4) is 5.75 Å². The third kappa shape index (κ3) is 4.34. The lowest BCUT2D eigenvalue weighted by molar-refractivity contribution is -0.149. The third-order valence-electron chi connectivity index (χ3n) is 3.67. The molecule has 1 heterocycles. The molecule has 120 valence electrons. The number of piperidine rings is 1. The Kier molecular flexibility index (Phi) is 6.00. The summed E-state index contributed by atoms with van der Waals surface area (Å²) >= 11 is 5.45. The van der Waals surface area contributed by atoms with Gasteiger partial charge in [-0.25, -0.2) is 0 Å². The summed E-state index contributed by atoms with van der Waals surface area (Å²) < 4.78 is 10.2. The fourth-order valence-electron chi connectivity index (χ4n) is 2.49. The number of nitrogens with zero attached hydrogens (tertiary/aromatic N) is 1. The quantitative estimate of drug-likeness (QED) is 0.679. The predicted molar refractivity (Wildman–Crippen MR) is 90.1 cm³/mol. The van der Waals surface area contributed by atoms with Gasteiger partial charge in [0, 0.05) is 18.8 Å². The Morgan fingerprint density at radius 1 is 1.41 bits per heavy atom. The highest BCUT2D eigenvalue weighted by molar-refractivity contribution is 7.80. The summed E-state index contributed by atoms with van der Waals surface area (Å²) in [5.74, 6) is 0.584. The molecule has 5 nitrogen and oxygen atoms in total. The average Bonchev–Trinajstić information content (AvgIpc) is 2.56. The van der Waals surface area contributed by atoms with Gasteiger partial charge in [-0.2, -0.15) is 0 Å². The highest BCUT2D eigenvalue weighted by Crippen LogP contribution is 2.20. The first-order valence-electron chi connectivity index (χ1n) is 7.50. The predicted octanol–water partition coefficient (Wildman–Crippen LogP) is 2.67. The van der Waals surface area contributed by atoms with Crippen LogP contribution in [0.4, 0.5) is 5.69 Å². The zero-order chi connectivity index (χ0) is 15.9. The van der Waals surface area contributed by atoms with Gasteiger partial charge in [0.1, 0.15) is 5.75 Å². The van der Waals surface area contributed by atoms with Crippen LogP contribution < -0.4 is 10.1 Å². The number of carbonyl (C=O) groups excluding carboxylic acids is 1. The number of methoxy groups -OCH3 is 1. The van der Waals surface area contributed by atoms with E-state index >= 15 is 0 Å². The number of rotatable bonds is 4. The minimum atomic E-state index is -0.126. The Hall–Kier alpha value is -1.82. The van der Waals surface area contributed by atoms with Gasteiger partial charge in [-0.15, -0.1) is 0 Å². The normalized spacial score (nSPS) is 17.7. The summed E-state index contributed by atoms with van der Waals surface area (Å²) in [7, 11) is 1.64. The SMILES string of the molecule is CCOC(=O)[C@H]1CCCN(C(=S)Nc2ccc(OC)cc2)C1. The number of esters is 1. The fraction of sp³-hybridized carbons (Fsp3) is 0.500. The molecule has 1 saturated heterocycles. The number of hydrogen-bond donors (Lipinski definition) is 1. The summed E-state index contributed by atoms with van der Waals surface area (Å²) in [6, 6.07) is 7.58. The van der Waals surface area contributed by atoms with Crippen molar-refractivity contribution in [3.05, 3.63) is 24.3 Å². The highest BCUT2D eigenvalue weighted by atomic mass is 32.1. The summed E-state index contributed by atoms with van der Waals surface area (Å²) in [5, 5.41) is 3.84. The van der Waals surface area contributed by atoms with Crippen LogP contribution in [-0.2, 0) is 9.53 Å². The van der Waals surface area contributed by atoms with Crippen molar-refractivity contribution in [3.63, 3.8) is 0 Å². The van der Waals surface area contributed by atoms with Gasteiger partial charge < -0.3 is 19.7 Å². The van der Waals surface area contributed by atoms with E-state index in [-0.39, 0.29) is 11.9 Å². The van der Waals surface area contributed by atoms with E-state index in [4.69, 9.17) is 21.7 Å². The number of benzene rings is 1. The monoisotopic (exact) mass is 322 g/mol. The van der Waals surface area contributed by atoms with Crippen molar-refractivity contribution in [1.82, 2.24) is 4.90 Å². The maximum atomic E-state index is 11.9. The van der Waals surface area contributed by atoms with E-state index in [0.717, 1.165) is 30.8 Å². The van der Waals surface area contributed by atoms with Gasteiger partial charge in [0.2, 0.25) is 0 Å². The van der Waals surface area contributed by atoms with Crippen LogP contribution in [0, 0.1) is 5.92 Å². The van der Waals surface area contributed by atoms with E-state index < -0.39 is 0 Å². The van der Waals surface area contributed by atoms with Crippen LogP contribution in [0.25, 0.3) is 0 Å². The topological polar surface area (TPSA) is 50.8 Å². The van der Waals surface area contributed by atoms with Gasteiger partial charge in [0.15, 0.2) is 5.11 Å². The Labute approximate surface area is 136 Å². The molecule has 0 aromatic heterocycles. The van der Waals surface area contributed by atoms with Crippen molar-refractivity contribution >= 4 is 29.0 Å². The number of anilines is 1. The van der Waals surface area contributed by atoms with Crippen LogP contribution in [0.15, 0.2) is 24.3 Å². The van der Waals surface area contributed by atoms with Crippen molar-refractivity contribution in [1.29, 1.82) is 0 Å². The van der Waals surface area contributed by atoms with E-state index in [1.807, 2.05) is 36.1 Å². The second-order valence-electron chi connectivity index (χ2n) is 5.20. The first-order valence-corrected chi connectivity index (χ1v) is 7.91. The van der Waals surface area contributed by atoms with Gasteiger partial charge in [0.25, 0.3) is 0 Å². The second-order valence-corrected chi connectivity index (χ2v) is 5.58. The molecule has 0 radical (unpaired) electrons. The van der Waals surface area contributed by atoms with Gasteiger partial charge in [-0.1, -0.05) is 0 Å². The highest BCUT2D eigenvalue weighted by Gasteiger charge is 2.27. The molecule has 6 heteroatoms. The zero-order valence-electron chi connectivity index (χ0n) is 13.0. The smallest absolute Gasteiger partial charge is 0.310 e. The zero-order valence-corrected chi connectivity index (χ0v) is 13.8. The number of nitrogens with one attached hydrogen (secondary N) is 1. The molecule has 1 atom stereocenters. The molecule has 0 spiro atoms. The molecule has 1 fully saturated rings. The van der Waals surface area contributed by atoms with Crippen molar-refractivity contribution in [2.75, 3.05) is 32.1 Å². The van der Waals surface area contributed by atoms with E-state index in [0.29, 0.717) is 18.3 Å². The number of likely N-dealkylation sites (tertiary alicyclic amines) is 1. The van der Waals surface area contributed by atoms with E-state index in [9.17, 15) is 4.79 Å². The van der Waals surface area contributed by atoms with Gasteiger partial charge in [0.05, 0.1) is 19.6 Å². The number of thiocarbonyl (C=S) groups is 1. The largest absolute Gasteiger partial charge is 0.497 e. The summed E-state index contributed by atoms with van der Waals surface area (Å²) in [6.45, 7) is 3.72. The molecule has 1 aromatic rings. The molecule has 1 aromatic carbocycles. The molecule has 0 aliphatic carbocycles. The van der Waals surface area contributed by atoms with Gasteiger partial charge in [-0.3, -0.25) is 4.79 Å². The van der Waals surface area contributed by atoms with E-state index in [2.05, 4.69) is 5.32 Å². The minimum absolute atomic E-state index is 0.0932. The van der Waals surface area contributed by atoms with Gasteiger partial charge >= 0.3 is 5.97 Å². The molecule has 0 bridgehead atoms. The first-order chi connectivity index (χ1) is 10.6. The van der Waals surface area contributed by atoms with E-state index in [1.54, 1.807) is 7.11 Å². The maximum absolute atomic E-state index is 11.9. The molecule has 1 aliphatic heterocycles. The van der Waals surface area contributed by atoms with Crippen LogP contribution in [0.3, 0.4) is 0 Å². The first kappa shape index (κ1) is 16.5. The van der Waals surface area contributed by atoms with Crippen LogP contribution in [0.2, 0.25) is 0 Å². The molecule has 22 heavy (non-hydrogen) atoms. The number of hydrogen-bond acceptors (Lipinski definition) is 4. The molecule has 0 unspecified atom stereocenters.